The largest absolute Gasteiger partial charge is 0.373 e. The van der Waals surface area contributed by atoms with Crippen LogP contribution in [0.5, 0.6) is 0 Å². The molecule has 5 heteroatoms. The highest BCUT2D eigenvalue weighted by Gasteiger charge is 2.41. The molecule has 5 rings (SSSR count). The van der Waals surface area contributed by atoms with E-state index in [1.54, 1.807) is 0 Å². The molecule has 2 aromatic rings. The van der Waals surface area contributed by atoms with E-state index in [-0.39, 0.29) is 5.60 Å². The summed E-state index contributed by atoms with van der Waals surface area (Å²) in [4.78, 5) is 6.64. The molecule has 1 spiro atoms. The number of nitrogens with one attached hydrogen (secondary N) is 1. The Morgan fingerprint density at radius 1 is 0.964 bits per heavy atom. The van der Waals surface area contributed by atoms with Gasteiger partial charge in [0.05, 0.1) is 18.5 Å². The minimum atomic E-state index is 0.216. The van der Waals surface area contributed by atoms with Crippen LogP contribution in [0.1, 0.15) is 51.4 Å². The van der Waals surface area contributed by atoms with Crippen LogP contribution in [0.4, 0.5) is 5.69 Å². The number of ether oxygens (including phenoxy) is 1. The molecule has 1 aliphatic carbocycles. The van der Waals surface area contributed by atoms with Gasteiger partial charge in [0.2, 0.25) is 0 Å². The van der Waals surface area contributed by atoms with E-state index in [1.165, 1.54) is 57.1 Å². The lowest BCUT2D eigenvalue weighted by Gasteiger charge is -2.36. The summed E-state index contributed by atoms with van der Waals surface area (Å²) >= 11 is 0. The third-order valence-corrected chi connectivity index (χ3v) is 6.96. The summed E-state index contributed by atoms with van der Waals surface area (Å²) in [5, 5.41) is 3.93. The number of imidazole rings is 1. The summed E-state index contributed by atoms with van der Waals surface area (Å²) < 4.78 is 8.33. The normalized spacial score (nSPS) is 25.4. The van der Waals surface area contributed by atoms with Crippen LogP contribution in [0.2, 0.25) is 0 Å². The average molecular weight is 381 g/mol. The quantitative estimate of drug-likeness (QED) is 0.873. The standard InChI is InChI=1S/C23H32N4O/c1-2-10-23(11-3-1)16-20(17-28-23)25-19-8-13-26(14-9-19)21-4-6-22(7-5-21)27-15-12-24-18-27/h4-7,12,15,18-20,25H,1-3,8-11,13-14,16-17H2/t20-/m0/s1. The van der Waals surface area contributed by atoms with Crippen molar-refractivity contribution in [3.63, 3.8) is 0 Å². The second kappa shape index (κ2) is 7.88. The molecule has 150 valence electrons. The second-order valence-electron chi connectivity index (χ2n) is 8.87. The van der Waals surface area contributed by atoms with Crippen LogP contribution in [0.25, 0.3) is 5.69 Å². The predicted octanol–water partition coefficient (Wildman–Crippen LogP) is 3.92. The highest BCUT2D eigenvalue weighted by Crippen LogP contribution is 2.39. The molecule has 3 heterocycles. The number of anilines is 1. The summed E-state index contributed by atoms with van der Waals surface area (Å²) in [6.45, 7) is 3.16. The molecule has 3 aliphatic rings. The molecule has 2 saturated heterocycles. The minimum absolute atomic E-state index is 0.216. The summed E-state index contributed by atoms with van der Waals surface area (Å²) in [6, 6.07) is 10.0. The van der Waals surface area contributed by atoms with E-state index in [4.69, 9.17) is 4.74 Å². The maximum Gasteiger partial charge on any atom is 0.0991 e. The maximum atomic E-state index is 6.29. The predicted molar refractivity (Wildman–Crippen MR) is 112 cm³/mol. The lowest BCUT2D eigenvalue weighted by Crippen LogP contribution is -2.47. The van der Waals surface area contributed by atoms with Gasteiger partial charge in [0.25, 0.3) is 0 Å². The molecule has 0 bridgehead atoms. The van der Waals surface area contributed by atoms with Crippen molar-refractivity contribution >= 4 is 5.69 Å². The van der Waals surface area contributed by atoms with Crippen LogP contribution in [0.15, 0.2) is 43.0 Å². The molecular weight excluding hydrogens is 348 g/mol. The van der Waals surface area contributed by atoms with Gasteiger partial charge in [-0.05, 0) is 56.4 Å². The SMILES string of the molecule is c1cn(-c2ccc(N3CCC(N[C@@H]4COC5(CCCCC5)C4)CC3)cc2)cn1. The first-order chi connectivity index (χ1) is 13.8. The van der Waals surface area contributed by atoms with Crippen LogP contribution in [-0.2, 0) is 4.74 Å². The van der Waals surface area contributed by atoms with Crippen molar-refractivity contribution in [2.75, 3.05) is 24.6 Å². The molecule has 2 aliphatic heterocycles. The highest BCUT2D eigenvalue weighted by atomic mass is 16.5. The molecule has 3 fully saturated rings. The molecule has 5 nitrogen and oxygen atoms in total. The van der Waals surface area contributed by atoms with Crippen molar-refractivity contribution in [2.45, 2.75) is 69.1 Å². The van der Waals surface area contributed by atoms with E-state index in [9.17, 15) is 0 Å². The topological polar surface area (TPSA) is 42.3 Å². The van der Waals surface area contributed by atoms with E-state index in [1.807, 2.05) is 23.3 Å². The molecule has 1 aromatic carbocycles. The number of benzene rings is 1. The van der Waals surface area contributed by atoms with Gasteiger partial charge >= 0.3 is 0 Å². The van der Waals surface area contributed by atoms with Crippen molar-refractivity contribution < 1.29 is 4.74 Å². The van der Waals surface area contributed by atoms with Crippen molar-refractivity contribution in [1.29, 1.82) is 0 Å². The van der Waals surface area contributed by atoms with Crippen LogP contribution < -0.4 is 10.2 Å². The smallest absolute Gasteiger partial charge is 0.0991 e. The van der Waals surface area contributed by atoms with Crippen LogP contribution >= 0.6 is 0 Å². The van der Waals surface area contributed by atoms with E-state index in [2.05, 4.69) is 39.5 Å². The first-order valence-corrected chi connectivity index (χ1v) is 11.0. The second-order valence-corrected chi connectivity index (χ2v) is 8.87. The fourth-order valence-corrected chi connectivity index (χ4v) is 5.38. The molecule has 0 radical (unpaired) electrons. The number of rotatable bonds is 4. The van der Waals surface area contributed by atoms with Crippen molar-refractivity contribution in [3.05, 3.63) is 43.0 Å². The molecule has 1 aromatic heterocycles. The van der Waals surface area contributed by atoms with Gasteiger partial charge in [0, 0.05) is 48.9 Å². The van der Waals surface area contributed by atoms with E-state index in [0.29, 0.717) is 12.1 Å². The van der Waals surface area contributed by atoms with Gasteiger partial charge in [-0.2, -0.15) is 0 Å². The molecule has 0 unspecified atom stereocenters. The Bertz CT molecular complexity index is 743. The van der Waals surface area contributed by atoms with E-state index in [0.717, 1.165) is 25.4 Å². The summed E-state index contributed by atoms with van der Waals surface area (Å²) in [6.07, 6.45) is 15.9. The molecular formula is C23H32N4O. The Kier molecular flexibility index (Phi) is 5.12. The van der Waals surface area contributed by atoms with E-state index >= 15 is 0 Å². The van der Waals surface area contributed by atoms with Crippen LogP contribution in [-0.4, -0.2) is 46.9 Å². The Morgan fingerprint density at radius 2 is 1.71 bits per heavy atom. The zero-order valence-electron chi connectivity index (χ0n) is 16.7. The highest BCUT2D eigenvalue weighted by molar-refractivity contribution is 5.51. The maximum absolute atomic E-state index is 6.29. The lowest BCUT2D eigenvalue weighted by atomic mass is 9.82. The van der Waals surface area contributed by atoms with Crippen molar-refractivity contribution in [2.24, 2.45) is 0 Å². The van der Waals surface area contributed by atoms with Gasteiger partial charge in [-0.25, -0.2) is 4.98 Å². The summed E-state index contributed by atoms with van der Waals surface area (Å²) in [5.41, 5.74) is 2.71. The van der Waals surface area contributed by atoms with Gasteiger partial charge in [-0.15, -0.1) is 0 Å². The number of nitrogens with zero attached hydrogens (tertiary/aromatic N) is 3. The lowest BCUT2D eigenvalue weighted by molar-refractivity contribution is -0.0246. The molecule has 1 N–H and O–H groups in total. The number of hydrogen-bond donors (Lipinski definition) is 1. The molecule has 28 heavy (non-hydrogen) atoms. The van der Waals surface area contributed by atoms with Gasteiger partial charge in [-0.1, -0.05) is 19.3 Å². The Morgan fingerprint density at radius 3 is 2.43 bits per heavy atom. The Hall–Kier alpha value is -1.85. The minimum Gasteiger partial charge on any atom is -0.373 e. The summed E-state index contributed by atoms with van der Waals surface area (Å²) in [7, 11) is 0. The third-order valence-electron chi connectivity index (χ3n) is 6.96. The molecule has 1 saturated carbocycles. The number of hydrogen-bond acceptors (Lipinski definition) is 4. The van der Waals surface area contributed by atoms with Crippen LogP contribution in [0.3, 0.4) is 0 Å². The number of aromatic nitrogens is 2. The summed E-state index contributed by atoms with van der Waals surface area (Å²) in [5.74, 6) is 0. The van der Waals surface area contributed by atoms with Gasteiger partial charge in [-0.3, -0.25) is 0 Å². The zero-order valence-corrected chi connectivity index (χ0v) is 16.7. The molecule has 0 amide bonds. The zero-order chi connectivity index (χ0) is 18.8. The van der Waals surface area contributed by atoms with Gasteiger partial charge in [0.1, 0.15) is 0 Å². The van der Waals surface area contributed by atoms with Crippen molar-refractivity contribution in [1.82, 2.24) is 14.9 Å². The van der Waals surface area contributed by atoms with E-state index < -0.39 is 0 Å². The monoisotopic (exact) mass is 380 g/mol. The van der Waals surface area contributed by atoms with Gasteiger partial charge < -0.3 is 19.5 Å². The fourth-order valence-electron chi connectivity index (χ4n) is 5.38. The first-order valence-electron chi connectivity index (χ1n) is 11.0. The fraction of sp³-hybridized carbons (Fsp3) is 0.609. The molecule has 1 atom stereocenters. The third kappa shape index (κ3) is 3.83. The van der Waals surface area contributed by atoms with Crippen molar-refractivity contribution in [3.8, 4) is 5.69 Å². The Balaban J connectivity index is 1.12. The first kappa shape index (κ1) is 18.2. The van der Waals surface area contributed by atoms with Gasteiger partial charge in [0.15, 0.2) is 0 Å². The number of piperidine rings is 1. The van der Waals surface area contributed by atoms with Crippen LogP contribution in [0, 0.1) is 0 Å². The average Bonchev–Trinajstić information content (AvgIpc) is 3.41. The Labute approximate surface area is 168 Å².